The molecular weight excluding hydrogens is 282 g/mol. The number of hydrogen-bond donors (Lipinski definition) is 3. The van der Waals surface area contributed by atoms with Crippen LogP contribution in [0.2, 0.25) is 0 Å². The quantitative estimate of drug-likeness (QED) is 0.324. The summed E-state index contributed by atoms with van der Waals surface area (Å²) in [6, 6.07) is 5.67. The fourth-order valence-corrected chi connectivity index (χ4v) is 1.37. The van der Waals surface area contributed by atoms with Gasteiger partial charge >= 0.3 is 0 Å². The first-order valence-electron chi connectivity index (χ1n) is 5.51. The molecule has 1 amide bonds. The average Bonchev–Trinajstić information content (AvgIpc) is 2.36. The lowest BCUT2D eigenvalue weighted by Gasteiger charge is -2.05. The van der Waals surface area contributed by atoms with Crippen LogP contribution in [0.5, 0.6) is 0 Å². The molecule has 0 bridgehead atoms. The van der Waals surface area contributed by atoms with E-state index in [4.69, 9.17) is 5.73 Å². The molecule has 0 radical (unpaired) electrons. The van der Waals surface area contributed by atoms with Crippen LogP contribution in [0.1, 0.15) is 13.3 Å². The van der Waals surface area contributed by atoms with Crippen molar-refractivity contribution < 1.29 is 9.72 Å². The number of rotatable bonds is 5. The van der Waals surface area contributed by atoms with Crippen LogP contribution in [-0.2, 0) is 4.79 Å². The van der Waals surface area contributed by atoms with Gasteiger partial charge in [0.2, 0.25) is 5.91 Å². The number of amides is 1. The van der Waals surface area contributed by atoms with E-state index in [0.717, 1.165) is 0 Å². The van der Waals surface area contributed by atoms with E-state index in [1.54, 1.807) is 13.0 Å². The fraction of sp³-hybridized carbons (Fsp3) is 0.182. The van der Waals surface area contributed by atoms with Gasteiger partial charge in [-0.15, -0.1) is 0 Å². The van der Waals surface area contributed by atoms with E-state index in [-0.39, 0.29) is 23.1 Å². The van der Waals surface area contributed by atoms with Gasteiger partial charge in [-0.1, -0.05) is 6.07 Å². The number of nitrogens with one attached hydrogen (secondary N) is 2. The molecule has 0 heterocycles. The third-order valence-electron chi connectivity index (χ3n) is 2.11. The maximum Gasteiger partial charge on any atom is 0.271 e. The van der Waals surface area contributed by atoms with Crippen LogP contribution in [0.25, 0.3) is 0 Å². The number of non-ortho nitro benzene ring substituents is 1. The van der Waals surface area contributed by atoms with Crippen LogP contribution in [0.4, 0.5) is 11.4 Å². The Hall–Kier alpha value is -2.55. The molecule has 0 saturated heterocycles. The molecule has 9 heteroatoms. The summed E-state index contributed by atoms with van der Waals surface area (Å²) >= 11 is 4.57. The van der Waals surface area contributed by atoms with Gasteiger partial charge in [0, 0.05) is 23.5 Å². The van der Waals surface area contributed by atoms with E-state index in [9.17, 15) is 14.9 Å². The predicted molar refractivity (Wildman–Crippen MR) is 79.4 cm³/mol. The van der Waals surface area contributed by atoms with E-state index >= 15 is 0 Å². The van der Waals surface area contributed by atoms with Gasteiger partial charge in [-0.25, -0.2) is 0 Å². The van der Waals surface area contributed by atoms with E-state index in [0.29, 0.717) is 11.4 Å². The van der Waals surface area contributed by atoms with E-state index < -0.39 is 4.92 Å². The zero-order valence-electron chi connectivity index (χ0n) is 10.6. The van der Waals surface area contributed by atoms with Crippen molar-refractivity contribution in [1.82, 2.24) is 5.43 Å². The average molecular weight is 295 g/mol. The highest BCUT2D eigenvalue weighted by atomic mass is 32.1. The summed E-state index contributed by atoms with van der Waals surface area (Å²) in [5, 5.41) is 16.9. The summed E-state index contributed by atoms with van der Waals surface area (Å²) in [4.78, 5) is 21.8. The van der Waals surface area contributed by atoms with Gasteiger partial charge in [0.1, 0.15) is 0 Å². The normalized spacial score (nSPS) is 10.8. The molecule has 0 saturated carbocycles. The third-order valence-corrected chi connectivity index (χ3v) is 2.21. The minimum atomic E-state index is -0.533. The van der Waals surface area contributed by atoms with Gasteiger partial charge in [0.05, 0.1) is 11.3 Å². The summed E-state index contributed by atoms with van der Waals surface area (Å²) in [7, 11) is 0. The molecule has 4 N–H and O–H groups in total. The van der Waals surface area contributed by atoms with Crippen LogP contribution in [0, 0.1) is 10.1 Å². The highest BCUT2D eigenvalue weighted by Crippen LogP contribution is 2.17. The summed E-state index contributed by atoms with van der Waals surface area (Å²) in [5.41, 5.74) is 8.28. The van der Waals surface area contributed by atoms with Crippen molar-refractivity contribution in [3.8, 4) is 0 Å². The van der Waals surface area contributed by atoms with Crippen molar-refractivity contribution in [2.24, 2.45) is 10.8 Å². The highest BCUT2D eigenvalue weighted by molar-refractivity contribution is 7.80. The highest BCUT2D eigenvalue weighted by Gasteiger charge is 2.09. The van der Waals surface area contributed by atoms with Crippen molar-refractivity contribution in [1.29, 1.82) is 0 Å². The molecule has 0 aliphatic heterocycles. The number of nitro groups is 1. The number of hydrazone groups is 1. The summed E-state index contributed by atoms with van der Waals surface area (Å²) in [6.07, 6.45) is 0.0122. The van der Waals surface area contributed by atoms with E-state index in [1.807, 2.05) is 0 Å². The lowest BCUT2D eigenvalue weighted by atomic mass is 10.2. The van der Waals surface area contributed by atoms with Gasteiger partial charge in [0.15, 0.2) is 5.11 Å². The number of carbonyl (C=O) groups excluding carboxylic acids is 1. The fourth-order valence-electron chi connectivity index (χ4n) is 1.32. The lowest BCUT2D eigenvalue weighted by Crippen LogP contribution is -2.26. The van der Waals surface area contributed by atoms with Crippen molar-refractivity contribution in [3.63, 3.8) is 0 Å². The maximum absolute atomic E-state index is 11.7. The molecule has 8 nitrogen and oxygen atoms in total. The molecule has 1 rings (SSSR count). The van der Waals surface area contributed by atoms with Crippen molar-refractivity contribution in [3.05, 3.63) is 34.4 Å². The van der Waals surface area contributed by atoms with Crippen LogP contribution in [-0.4, -0.2) is 21.7 Å². The minimum Gasteiger partial charge on any atom is -0.375 e. The first-order chi connectivity index (χ1) is 9.38. The molecule has 0 spiro atoms. The second-order valence-corrected chi connectivity index (χ2v) is 4.30. The Labute approximate surface area is 120 Å². The Morgan fingerprint density at radius 2 is 2.25 bits per heavy atom. The second kappa shape index (κ2) is 7.14. The third kappa shape index (κ3) is 5.40. The van der Waals surface area contributed by atoms with Gasteiger partial charge in [-0.3, -0.25) is 20.3 Å². The number of nitro benzene ring substituents is 1. The Morgan fingerprint density at radius 1 is 1.55 bits per heavy atom. The number of thiocarbonyl (C=S) groups is 1. The standard InChI is InChI=1S/C11H13N5O3S/c1-7(14-15-11(12)20)5-10(17)13-8-3-2-4-9(6-8)16(18)19/h2-4,6H,5H2,1H3,(H,13,17)(H3,12,15,20)/b14-7-. The molecule has 106 valence electrons. The van der Waals surface area contributed by atoms with E-state index in [2.05, 4.69) is 28.1 Å². The predicted octanol–water partition coefficient (Wildman–Crippen LogP) is 1.13. The van der Waals surface area contributed by atoms with Crippen LogP contribution < -0.4 is 16.5 Å². The largest absolute Gasteiger partial charge is 0.375 e. The molecule has 0 aromatic heterocycles. The second-order valence-electron chi connectivity index (χ2n) is 3.86. The minimum absolute atomic E-state index is 0.00319. The Kier molecular flexibility index (Phi) is 5.54. The number of nitrogens with two attached hydrogens (primary N) is 1. The van der Waals surface area contributed by atoms with Crippen molar-refractivity contribution in [2.45, 2.75) is 13.3 Å². The Bertz CT molecular complexity index is 573. The van der Waals surface area contributed by atoms with Gasteiger partial charge < -0.3 is 11.1 Å². The topological polar surface area (TPSA) is 123 Å². The molecule has 0 atom stereocenters. The van der Waals surface area contributed by atoms with Crippen LogP contribution in [0.3, 0.4) is 0 Å². The zero-order valence-corrected chi connectivity index (χ0v) is 11.4. The molecule has 0 aliphatic carbocycles. The molecule has 1 aromatic carbocycles. The first-order valence-corrected chi connectivity index (χ1v) is 5.92. The number of benzene rings is 1. The maximum atomic E-state index is 11.7. The monoisotopic (exact) mass is 295 g/mol. The van der Waals surface area contributed by atoms with Crippen molar-refractivity contribution in [2.75, 3.05) is 5.32 Å². The van der Waals surface area contributed by atoms with Crippen LogP contribution in [0.15, 0.2) is 29.4 Å². The summed E-state index contributed by atoms with van der Waals surface area (Å²) in [6.45, 7) is 1.62. The number of carbonyl (C=O) groups is 1. The van der Waals surface area contributed by atoms with Gasteiger partial charge in [-0.05, 0) is 25.2 Å². The molecule has 20 heavy (non-hydrogen) atoms. The molecule has 0 fully saturated rings. The van der Waals surface area contributed by atoms with Crippen LogP contribution >= 0.6 is 12.2 Å². The van der Waals surface area contributed by atoms with Gasteiger partial charge in [-0.2, -0.15) is 5.10 Å². The summed E-state index contributed by atoms with van der Waals surface area (Å²) < 4.78 is 0. The smallest absolute Gasteiger partial charge is 0.271 e. The molecule has 1 aromatic rings. The number of anilines is 1. The summed E-state index contributed by atoms with van der Waals surface area (Å²) in [5.74, 6) is -0.350. The molecule has 0 aliphatic rings. The first kappa shape index (κ1) is 15.5. The number of hydrogen-bond acceptors (Lipinski definition) is 5. The number of nitrogens with zero attached hydrogens (tertiary/aromatic N) is 2. The Morgan fingerprint density at radius 3 is 2.85 bits per heavy atom. The molecule has 0 unspecified atom stereocenters. The van der Waals surface area contributed by atoms with Crippen molar-refractivity contribution >= 4 is 40.3 Å². The lowest BCUT2D eigenvalue weighted by molar-refractivity contribution is -0.384. The Balaban J connectivity index is 2.62. The zero-order chi connectivity index (χ0) is 15.1. The van der Waals surface area contributed by atoms with Gasteiger partial charge in [0.25, 0.3) is 5.69 Å². The van der Waals surface area contributed by atoms with E-state index in [1.165, 1.54) is 18.2 Å². The molecular formula is C11H13N5O3S. The SMILES string of the molecule is C/C(CC(=O)Nc1cccc([N+](=O)[O-])c1)=N/NC(N)=S.